The third-order valence-electron chi connectivity index (χ3n) is 1.27. The highest BCUT2D eigenvalue weighted by molar-refractivity contribution is 5.88. The van der Waals surface area contributed by atoms with Crippen molar-refractivity contribution in [1.29, 1.82) is 0 Å². The van der Waals surface area contributed by atoms with Gasteiger partial charge >= 0.3 is 5.97 Å². The summed E-state index contributed by atoms with van der Waals surface area (Å²) in [5, 5.41) is 8.54. The summed E-state index contributed by atoms with van der Waals surface area (Å²) in [5.74, 6) is -1.04. The van der Waals surface area contributed by atoms with Crippen LogP contribution in [0.4, 0.5) is 5.69 Å². The third-order valence-corrected chi connectivity index (χ3v) is 1.27. The van der Waals surface area contributed by atoms with Crippen molar-refractivity contribution in [2.45, 2.75) is 0 Å². The van der Waals surface area contributed by atoms with Crippen LogP contribution in [-0.4, -0.2) is 17.2 Å². The highest BCUT2D eigenvalue weighted by atomic mass is 16.4. The molecule has 1 aromatic rings. The van der Waals surface area contributed by atoms with Crippen LogP contribution in [0.25, 0.3) is 0 Å². The molecule has 0 amide bonds. The summed E-state index contributed by atoms with van der Waals surface area (Å²) in [7, 11) is 0. The smallest absolute Gasteiger partial charge is 0.335 e. The lowest BCUT2D eigenvalue weighted by Gasteiger charge is -1.93. The monoisotopic (exact) mass is 180 g/mol. The fourth-order valence-corrected chi connectivity index (χ4v) is 0.761. The minimum atomic E-state index is -1.04. The number of aliphatic imine (C=N–C) groups is 1. The van der Waals surface area contributed by atoms with E-state index in [9.17, 15) is 9.59 Å². The van der Waals surface area contributed by atoms with Gasteiger partial charge in [0.25, 0.3) is 0 Å². The average Bonchev–Trinajstić information content (AvgIpc) is 2.05. The van der Waals surface area contributed by atoms with Crippen molar-refractivity contribution in [3.05, 3.63) is 29.8 Å². The number of carbonyl (C=O) groups is 1. The van der Waals surface area contributed by atoms with Crippen LogP contribution in [0.15, 0.2) is 29.3 Å². The van der Waals surface area contributed by atoms with E-state index in [0.717, 1.165) is 0 Å². The number of carboxylic acid groups (broad SMARTS) is 1. The maximum Gasteiger partial charge on any atom is 0.335 e. The minimum Gasteiger partial charge on any atom is -0.478 e. The van der Waals surface area contributed by atoms with Gasteiger partial charge in [-0.15, -0.1) is 0 Å². The molecule has 5 nitrogen and oxygen atoms in total. The first kappa shape index (κ1) is 11.0. The van der Waals surface area contributed by atoms with Gasteiger partial charge in [0.2, 0.25) is 6.08 Å². The fourth-order valence-electron chi connectivity index (χ4n) is 0.761. The molecule has 1 rings (SSSR count). The molecular weight excluding hydrogens is 172 g/mol. The zero-order valence-corrected chi connectivity index (χ0v) is 6.73. The molecule has 0 atom stereocenters. The van der Waals surface area contributed by atoms with Gasteiger partial charge in [0.1, 0.15) is 0 Å². The zero-order valence-electron chi connectivity index (χ0n) is 6.73. The Kier molecular flexibility index (Phi) is 4.09. The summed E-state index contributed by atoms with van der Waals surface area (Å²) >= 11 is 0. The SMILES string of the molecule is N.O=C=Nc1cccc(C(=O)O)c1. The predicted octanol–water partition coefficient (Wildman–Crippen LogP) is 1.51. The van der Waals surface area contributed by atoms with Crippen LogP contribution in [0.3, 0.4) is 0 Å². The molecular formula is C8H8N2O3. The molecule has 0 bridgehead atoms. The summed E-state index contributed by atoms with van der Waals surface area (Å²) in [6, 6.07) is 5.76. The van der Waals surface area contributed by atoms with Crippen LogP contribution >= 0.6 is 0 Å². The number of carboxylic acids is 1. The number of hydrogen-bond donors (Lipinski definition) is 2. The molecule has 13 heavy (non-hydrogen) atoms. The Balaban J connectivity index is 0.00000144. The molecule has 0 saturated carbocycles. The first-order valence-electron chi connectivity index (χ1n) is 3.15. The lowest BCUT2D eigenvalue weighted by Crippen LogP contribution is -1.94. The van der Waals surface area contributed by atoms with Gasteiger partial charge in [-0.3, -0.25) is 0 Å². The number of rotatable bonds is 2. The lowest BCUT2D eigenvalue weighted by atomic mass is 10.2. The molecule has 0 radical (unpaired) electrons. The van der Waals surface area contributed by atoms with E-state index in [1.807, 2.05) is 0 Å². The van der Waals surface area contributed by atoms with E-state index in [1.54, 1.807) is 0 Å². The van der Waals surface area contributed by atoms with Crippen LogP contribution in [0, 0.1) is 0 Å². The van der Waals surface area contributed by atoms with Crippen molar-refractivity contribution in [1.82, 2.24) is 6.15 Å². The summed E-state index contributed by atoms with van der Waals surface area (Å²) in [5.41, 5.74) is 0.399. The van der Waals surface area contributed by atoms with E-state index in [0.29, 0.717) is 5.69 Å². The van der Waals surface area contributed by atoms with E-state index in [1.165, 1.54) is 30.3 Å². The molecule has 0 fully saturated rings. The second kappa shape index (κ2) is 4.82. The van der Waals surface area contributed by atoms with Crippen molar-refractivity contribution in [2.24, 2.45) is 4.99 Å². The number of hydrogen-bond acceptors (Lipinski definition) is 4. The average molecular weight is 180 g/mol. The van der Waals surface area contributed by atoms with Gasteiger partial charge in [0, 0.05) is 0 Å². The van der Waals surface area contributed by atoms with Crippen LogP contribution in [-0.2, 0) is 4.79 Å². The highest BCUT2D eigenvalue weighted by Crippen LogP contribution is 2.12. The van der Waals surface area contributed by atoms with E-state index in [-0.39, 0.29) is 11.7 Å². The molecule has 0 aliphatic carbocycles. The second-order valence-electron chi connectivity index (χ2n) is 2.06. The maximum absolute atomic E-state index is 10.4. The van der Waals surface area contributed by atoms with Gasteiger partial charge in [-0.25, -0.2) is 9.59 Å². The number of isocyanates is 1. The summed E-state index contributed by atoms with van der Waals surface area (Å²) in [6.45, 7) is 0. The Morgan fingerprint density at radius 1 is 1.46 bits per heavy atom. The standard InChI is InChI=1S/C8H5NO3.H3N/c10-5-9-7-3-1-2-6(4-7)8(11)12;/h1-4H,(H,11,12);1H3. The molecule has 0 aliphatic heterocycles. The maximum atomic E-state index is 10.4. The Labute approximate surface area is 74.3 Å². The largest absolute Gasteiger partial charge is 0.478 e. The van der Waals surface area contributed by atoms with Crippen molar-refractivity contribution in [3.63, 3.8) is 0 Å². The highest BCUT2D eigenvalue weighted by Gasteiger charge is 2.01. The Morgan fingerprint density at radius 3 is 2.69 bits per heavy atom. The van der Waals surface area contributed by atoms with Crippen molar-refractivity contribution >= 4 is 17.7 Å². The molecule has 0 unspecified atom stereocenters. The van der Waals surface area contributed by atoms with E-state index < -0.39 is 5.97 Å². The normalized spacial score (nSPS) is 8.00. The van der Waals surface area contributed by atoms with Gasteiger partial charge in [-0.2, -0.15) is 4.99 Å². The molecule has 1 aromatic carbocycles. The summed E-state index contributed by atoms with van der Waals surface area (Å²) in [6.07, 6.45) is 1.33. The number of benzene rings is 1. The fraction of sp³-hybridized carbons (Fsp3) is 0. The lowest BCUT2D eigenvalue weighted by molar-refractivity contribution is 0.0697. The number of carbonyl (C=O) groups excluding carboxylic acids is 1. The molecule has 0 spiro atoms. The van der Waals surface area contributed by atoms with Gasteiger partial charge in [0.05, 0.1) is 11.3 Å². The summed E-state index contributed by atoms with van der Waals surface area (Å²) in [4.78, 5) is 23.5. The predicted molar refractivity (Wildman–Crippen MR) is 46.2 cm³/mol. The Bertz CT molecular complexity index is 339. The van der Waals surface area contributed by atoms with Gasteiger partial charge in [-0.05, 0) is 18.2 Å². The molecule has 0 heterocycles. The first-order valence-corrected chi connectivity index (χ1v) is 3.15. The topological polar surface area (TPSA) is 102 Å². The van der Waals surface area contributed by atoms with Gasteiger partial charge in [0.15, 0.2) is 0 Å². The Hall–Kier alpha value is -1.97. The number of nitrogens with zero attached hydrogens (tertiary/aromatic N) is 1. The molecule has 68 valence electrons. The van der Waals surface area contributed by atoms with Crippen LogP contribution in [0.2, 0.25) is 0 Å². The van der Waals surface area contributed by atoms with Gasteiger partial charge < -0.3 is 11.3 Å². The van der Waals surface area contributed by atoms with E-state index in [2.05, 4.69) is 4.99 Å². The molecule has 0 aromatic heterocycles. The van der Waals surface area contributed by atoms with Crippen molar-refractivity contribution < 1.29 is 14.7 Å². The molecule has 4 N–H and O–H groups in total. The third kappa shape index (κ3) is 2.86. The second-order valence-corrected chi connectivity index (χ2v) is 2.06. The minimum absolute atomic E-state index is 0. The van der Waals surface area contributed by atoms with Crippen LogP contribution in [0.1, 0.15) is 10.4 Å². The first-order chi connectivity index (χ1) is 5.74. The quantitative estimate of drug-likeness (QED) is 0.531. The molecule has 0 aliphatic rings. The van der Waals surface area contributed by atoms with Crippen LogP contribution < -0.4 is 6.15 Å². The Morgan fingerprint density at radius 2 is 2.15 bits per heavy atom. The number of aromatic carboxylic acids is 1. The van der Waals surface area contributed by atoms with Crippen molar-refractivity contribution in [2.75, 3.05) is 0 Å². The van der Waals surface area contributed by atoms with E-state index in [4.69, 9.17) is 5.11 Å². The van der Waals surface area contributed by atoms with E-state index >= 15 is 0 Å². The van der Waals surface area contributed by atoms with Gasteiger partial charge in [-0.1, -0.05) is 6.07 Å². The van der Waals surface area contributed by atoms with Crippen molar-refractivity contribution in [3.8, 4) is 0 Å². The zero-order chi connectivity index (χ0) is 8.97. The summed E-state index contributed by atoms with van der Waals surface area (Å²) < 4.78 is 0. The molecule has 0 saturated heterocycles. The molecule has 5 heteroatoms. The van der Waals surface area contributed by atoms with Crippen LogP contribution in [0.5, 0.6) is 0 Å².